The average Bonchev–Trinajstić information content (AvgIpc) is 2.64. The minimum Gasteiger partial charge on any atom is -0.340 e. The van der Waals surface area contributed by atoms with Crippen LogP contribution >= 0.6 is 0 Å². The maximum absolute atomic E-state index is 12.0. The highest BCUT2D eigenvalue weighted by atomic mass is 32.2. The summed E-state index contributed by atoms with van der Waals surface area (Å²) in [6, 6.07) is 0.141. The first-order valence-electron chi connectivity index (χ1n) is 5.73. The highest BCUT2D eigenvalue weighted by Crippen LogP contribution is 2.26. The maximum Gasteiger partial charge on any atom is 0.225 e. The van der Waals surface area contributed by atoms with Crippen LogP contribution < -0.4 is 5.73 Å². The van der Waals surface area contributed by atoms with Gasteiger partial charge in [0, 0.05) is 25.0 Å². The summed E-state index contributed by atoms with van der Waals surface area (Å²) in [6.45, 7) is 0.708. The minimum absolute atomic E-state index is 0.0239. The molecule has 1 saturated heterocycles. The molecule has 6 heteroatoms. The van der Waals surface area contributed by atoms with Crippen LogP contribution in [0.3, 0.4) is 0 Å². The number of nitrogens with two attached hydrogens (primary N) is 1. The second-order valence-corrected chi connectivity index (χ2v) is 7.05. The largest absolute Gasteiger partial charge is 0.340 e. The molecule has 0 bridgehead atoms. The Kier molecular flexibility index (Phi) is 3.21. The Hall–Kier alpha value is -0.620. The van der Waals surface area contributed by atoms with Gasteiger partial charge in [-0.05, 0) is 19.3 Å². The summed E-state index contributed by atoms with van der Waals surface area (Å²) in [5.74, 6) is 0.341. The third kappa shape index (κ3) is 2.55. The van der Waals surface area contributed by atoms with E-state index in [1.165, 1.54) is 0 Å². The van der Waals surface area contributed by atoms with Crippen LogP contribution in [-0.2, 0) is 14.6 Å². The Morgan fingerprint density at radius 2 is 1.81 bits per heavy atom. The Labute approximate surface area is 95.9 Å². The maximum atomic E-state index is 12.0. The lowest BCUT2D eigenvalue weighted by Crippen LogP contribution is -2.46. The number of nitrogens with zero attached hydrogens (tertiary/aromatic N) is 1. The summed E-state index contributed by atoms with van der Waals surface area (Å²) in [7, 11) is -2.90. The molecule has 2 aliphatic rings. The Balaban J connectivity index is 1.92. The predicted molar refractivity (Wildman–Crippen MR) is 60.6 cm³/mol. The van der Waals surface area contributed by atoms with Crippen LogP contribution in [0.1, 0.15) is 19.3 Å². The van der Waals surface area contributed by atoms with Crippen molar-refractivity contribution in [3.8, 4) is 0 Å². The van der Waals surface area contributed by atoms with Crippen molar-refractivity contribution in [1.29, 1.82) is 0 Å². The molecule has 92 valence electrons. The quantitative estimate of drug-likeness (QED) is 0.668. The van der Waals surface area contributed by atoms with Crippen molar-refractivity contribution in [2.45, 2.75) is 25.3 Å². The molecule has 2 fully saturated rings. The second-order valence-electron chi connectivity index (χ2n) is 4.75. The summed E-state index contributed by atoms with van der Waals surface area (Å²) < 4.78 is 22.5. The normalized spacial score (nSPS) is 33.9. The molecule has 1 heterocycles. The van der Waals surface area contributed by atoms with Crippen molar-refractivity contribution in [3.05, 3.63) is 0 Å². The van der Waals surface area contributed by atoms with Crippen molar-refractivity contribution in [2.24, 2.45) is 11.7 Å². The zero-order valence-corrected chi connectivity index (χ0v) is 10.1. The molecule has 1 aliphatic carbocycles. The molecule has 2 unspecified atom stereocenters. The number of hydrogen-bond acceptors (Lipinski definition) is 4. The number of sulfone groups is 1. The van der Waals surface area contributed by atoms with Gasteiger partial charge in [-0.3, -0.25) is 4.79 Å². The van der Waals surface area contributed by atoms with E-state index >= 15 is 0 Å². The fourth-order valence-corrected chi connectivity index (χ4v) is 3.63. The van der Waals surface area contributed by atoms with Gasteiger partial charge in [-0.25, -0.2) is 8.42 Å². The SMILES string of the molecule is NC1CCC(C(=O)N2CCS(=O)(=O)CC2)C1. The molecule has 1 amide bonds. The lowest BCUT2D eigenvalue weighted by molar-refractivity contribution is -0.135. The fraction of sp³-hybridized carbons (Fsp3) is 0.900. The van der Waals surface area contributed by atoms with E-state index in [-0.39, 0.29) is 29.4 Å². The predicted octanol–water partition coefficient (Wildman–Crippen LogP) is -0.629. The highest BCUT2D eigenvalue weighted by molar-refractivity contribution is 7.91. The average molecular weight is 246 g/mol. The van der Waals surface area contributed by atoms with E-state index in [1.54, 1.807) is 4.90 Å². The number of amides is 1. The van der Waals surface area contributed by atoms with Crippen LogP contribution in [0.25, 0.3) is 0 Å². The Morgan fingerprint density at radius 3 is 2.31 bits per heavy atom. The minimum atomic E-state index is -2.90. The summed E-state index contributed by atoms with van der Waals surface area (Å²) in [6.07, 6.45) is 2.51. The molecule has 5 nitrogen and oxygen atoms in total. The fourth-order valence-electron chi connectivity index (χ4n) is 2.43. The summed E-state index contributed by atoms with van der Waals surface area (Å²) in [5.41, 5.74) is 5.77. The van der Waals surface area contributed by atoms with E-state index in [9.17, 15) is 13.2 Å². The smallest absolute Gasteiger partial charge is 0.225 e. The first kappa shape index (κ1) is 11.9. The van der Waals surface area contributed by atoms with Crippen molar-refractivity contribution < 1.29 is 13.2 Å². The number of carbonyl (C=O) groups is 1. The Bertz CT molecular complexity index is 366. The van der Waals surface area contributed by atoms with E-state index in [0.717, 1.165) is 19.3 Å². The van der Waals surface area contributed by atoms with Crippen molar-refractivity contribution >= 4 is 15.7 Å². The van der Waals surface area contributed by atoms with Gasteiger partial charge in [0.25, 0.3) is 0 Å². The molecule has 0 aromatic heterocycles. The van der Waals surface area contributed by atoms with Crippen LogP contribution in [0.5, 0.6) is 0 Å². The summed E-state index contributed by atoms with van der Waals surface area (Å²) in [4.78, 5) is 13.7. The molecule has 2 N–H and O–H groups in total. The van der Waals surface area contributed by atoms with Gasteiger partial charge in [0.2, 0.25) is 5.91 Å². The molecule has 1 saturated carbocycles. The van der Waals surface area contributed by atoms with Crippen molar-refractivity contribution in [3.63, 3.8) is 0 Å². The molecular weight excluding hydrogens is 228 g/mol. The Morgan fingerprint density at radius 1 is 1.19 bits per heavy atom. The van der Waals surface area contributed by atoms with Crippen LogP contribution in [0.4, 0.5) is 0 Å². The van der Waals surface area contributed by atoms with Gasteiger partial charge < -0.3 is 10.6 Å². The molecule has 16 heavy (non-hydrogen) atoms. The van der Waals surface area contributed by atoms with Crippen molar-refractivity contribution in [2.75, 3.05) is 24.6 Å². The first-order chi connectivity index (χ1) is 7.48. The van der Waals surface area contributed by atoms with E-state index in [4.69, 9.17) is 5.73 Å². The van der Waals surface area contributed by atoms with Gasteiger partial charge in [0.05, 0.1) is 11.5 Å². The van der Waals surface area contributed by atoms with Gasteiger partial charge >= 0.3 is 0 Å². The molecular formula is C10H18N2O3S. The molecule has 0 aromatic rings. The molecule has 1 aliphatic heterocycles. The second kappa shape index (κ2) is 4.33. The van der Waals surface area contributed by atoms with Crippen LogP contribution in [0.2, 0.25) is 0 Å². The topological polar surface area (TPSA) is 80.5 Å². The lowest BCUT2D eigenvalue weighted by atomic mass is 10.1. The molecule has 0 aromatic carbocycles. The van der Waals surface area contributed by atoms with Crippen LogP contribution in [-0.4, -0.2) is 49.9 Å². The zero-order valence-electron chi connectivity index (χ0n) is 9.26. The van der Waals surface area contributed by atoms with E-state index < -0.39 is 9.84 Å². The van der Waals surface area contributed by atoms with Crippen molar-refractivity contribution in [1.82, 2.24) is 4.90 Å². The number of rotatable bonds is 1. The standard InChI is InChI=1S/C10H18N2O3S/c11-9-2-1-8(7-9)10(13)12-3-5-16(14,15)6-4-12/h8-9H,1-7,11H2. The molecule has 0 spiro atoms. The van der Waals surface area contributed by atoms with Gasteiger partial charge in [-0.2, -0.15) is 0 Å². The third-order valence-electron chi connectivity index (χ3n) is 3.48. The molecule has 0 radical (unpaired) electrons. The van der Waals surface area contributed by atoms with Crippen LogP contribution in [0, 0.1) is 5.92 Å². The van der Waals surface area contributed by atoms with Crippen LogP contribution in [0.15, 0.2) is 0 Å². The number of carbonyl (C=O) groups excluding carboxylic acids is 1. The monoisotopic (exact) mass is 246 g/mol. The van der Waals surface area contributed by atoms with Gasteiger partial charge in [-0.1, -0.05) is 0 Å². The van der Waals surface area contributed by atoms with E-state index in [0.29, 0.717) is 13.1 Å². The highest BCUT2D eigenvalue weighted by Gasteiger charge is 2.33. The summed E-state index contributed by atoms with van der Waals surface area (Å²) >= 11 is 0. The molecule has 2 rings (SSSR count). The first-order valence-corrected chi connectivity index (χ1v) is 7.55. The zero-order chi connectivity index (χ0) is 11.8. The third-order valence-corrected chi connectivity index (χ3v) is 5.09. The van der Waals surface area contributed by atoms with Gasteiger partial charge in [0.15, 0.2) is 9.84 Å². The van der Waals surface area contributed by atoms with Gasteiger partial charge in [0.1, 0.15) is 0 Å². The van der Waals surface area contributed by atoms with E-state index in [2.05, 4.69) is 0 Å². The summed E-state index contributed by atoms with van der Waals surface area (Å²) in [5, 5.41) is 0. The lowest BCUT2D eigenvalue weighted by Gasteiger charge is -2.29. The molecule has 2 atom stereocenters. The van der Waals surface area contributed by atoms with E-state index in [1.807, 2.05) is 0 Å². The number of hydrogen-bond donors (Lipinski definition) is 1. The van der Waals surface area contributed by atoms with Gasteiger partial charge in [-0.15, -0.1) is 0 Å².